The lowest BCUT2D eigenvalue weighted by Gasteiger charge is -2.19. The number of aryl methyl sites for hydroxylation is 2. The van der Waals surface area contributed by atoms with E-state index < -0.39 is 22.8 Å². The predicted molar refractivity (Wildman–Crippen MR) is 171 cm³/mol. The summed E-state index contributed by atoms with van der Waals surface area (Å²) in [6, 6.07) is 16.5. The van der Waals surface area contributed by atoms with Crippen LogP contribution in [0, 0.1) is 13.8 Å². The summed E-state index contributed by atoms with van der Waals surface area (Å²) in [4.78, 5) is 47.3. The molecule has 0 aliphatic rings. The molecule has 4 aromatic rings. The predicted octanol–water partition coefficient (Wildman–Crippen LogP) is 7.56. The molecule has 43 heavy (non-hydrogen) atoms. The third-order valence-electron chi connectivity index (χ3n) is 6.88. The number of benzene rings is 2. The molecule has 0 saturated carbocycles. The number of halogens is 2. The van der Waals surface area contributed by atoms with Gasteiger partial charge in [-0.15, -0.1) is 0 Å². The molecule has 10 heteroatoms. The van der Waals surface area contributed by atoms with Gasteiger partial charge < -0.3 is 19.3 Å². The number of hydrogen-bond donors (Lipinski definition) is 2. The van der Waals surface area contributed by atoms with Gasteiger partial charge in [-0.3, -0.25) is 9.59 Å². The Morgan fingerprint density at radius 3 is 1.35 bits per heavy atom. The van der Waals surface area contributed by atoms with E-state index in [-0.39, 0.29) is 11.1 Å². The summed E-state index contributed by atoms with van der Waals surface area (Å²) in [7, 11) is 0. The summed E-state index contributed by atoms with van der Waals surface area (Å²) in [6.45, 7) is 9.01. The Bertz CT molecular complexity index is 1740. The van der Waals surface area contributed by atoms with Gasteiger partial charge >= 0.3 is 11.9 Å². The first kappa shape index (κ1) is 33.4. The normalized spacial score (nSPS) is 10.7. The topological polar surface area (TPSA) is 119 Å². The van der Waals surface area contributed by atoms with Crippen molar-refractivity contribution < 1.29 is 19.8 Å². The number of nitrogens with zero attached hydrogens (tertiary/aromatic N) is 2. The number of carbonyl (C=O) groups is 2. The summed E-state index contributed by atoms with van der Waals surface area (Å²) in [6.07, 6.45) is 2.72. The van der Waals surface area contributed by atoms with Gasteiger partial charge in [-0.05, 0) is 62.1 Å². The first-order chi connectivity index (χ1) is 20.4. The SMILES string of the molecule is CCCCn1c(C)cc(=O)c(C(=O)O)c1-c1ccc(Cl)cc1.CCCn1c(C)cc(=O)c(C(=O)O)c1-c1ccc(Cl)cc1. The first-order valence-corrected chi connectivity index (χ1v) is 14.6. The molecular weight excluding hydrogens is 591 g/mol. The van der Waals surface area contributed by atoms with Crippen molar-refractivity contribution in [1.82, 2.24) is 9.13 Å². The lowest BCUT2D eigenvalue weighted by molar-refractivity contribution is 0.0684. The first-order valence-electron chi connectivity index (χ1n) is 13.9. The molecule has 0 amide bonds. The van der Waals surface area contributed by atoms with Gasteiger partial charge in [0.25, 0.3) is 0 Å². The number of rotatable bonds is 9. The molecule has 0 atom stereocenters. The van der Waals surface area contributed by atoms with Crippen LogP contribution < -0.4 is 10.9 Å². The van der Waals surface area contributed by atoms with Crippen molar-refractivity contribution in [2.75, 3.05) is 0 Å². The maximum absolute atomic E-state index is 12.1. The molecule has 0 aliphatic carbocycles. The maximum atomic E-state index is 12.1. The zero-order valence-electron chi connectivity index (χ0n) is 24.5. The fourth-order valence-electron chi connectivity index (χ4n) is 4.88. The van der Waals surface area contributed by atoms with Crippen LogP contribution in [0.4, 0.5) is 0 Å². The lowest BCUT2D eigenvalue weighted by atomic mass is 10.0. The van der Waals surface area contributed by atoms with E-state index in [4.69, 9.17) is 23.2 Å². The molecule has 2 aromatic carbocycles. The highest BCUT2D eigenvalue weighted by Crippen LogP contribution is 2.27. The molecule has 0 aliphatic heterocycles. The Hall–Kier alpha value is -4.14. The molecule has 0 fully saturated rings. The zero-order chi connectivity index (χ0) is 31.8. The largest absolute Gasteiger partial charge is 0.477 e. The second-order valence-electron chi connectivity index (χ2n) is 10.0. The van der Waals surface area contributed by atoms with Crippen LogP contribution in [0.15, 0.2) is 70.3 Å². The fraction of sp³-hybridized carbons (Fsp3) is 0.273. The van der Waals surface area contributed by atoms with E-state index in [9.17, 15) is 29.4 Å². The number of aromatic carboxylic acids is 2. The van der Waals surface area contributed by atoms with E-state index >= 15 is 0 Å². The van der Waals surface area contributed by atoms with Crippen molar-refractivity contribution in [3.8, 4) is 22.5 Å². The minimum absolute atomic E-state index is 0.191. The summed E-state index contributed by atoms with van der Waals surface area (Å²) in [5.74, 6) is -2.42. The van der Waals surface area contributed by atoms with Crippen molar-refractivity contribution in [2.45, 2.75) is 60.0 Å². The minimum atomic E-state index is -1.21. The van der Waals surface area contributed by atoms with Gasteiger partial charge in [-0.1, -0.05) is 67.7 Å². The molecule has 4 rings (SSSR count). The molecule has 2 aromatic heterocycles. The molecule has 0 radical (unpaired) electrons. The molecule has 8 nitrogen and oxygen atoms in total. The van der Waals surface area contributed by atoms with E-state index in [0.29, 0.717) is 45.6 Å². The summed E-state index contributed by atoms with van der Waals surface area (Å²) >= 11 is 11.8. The third kappa shape index (κ3) is 7.83. The quantitative estimate of drug-likeness (QED) is 0.198. The Kier molecular flexibility index (Phi) is 11.5. The highest BCUT2D eigenvalue weighted by atomic mass is 35.5. The zero-order valence-corrected chi connectivity index (χ0v) is 26.0. The van der Waals surface area contributed by atoms with Crippen molar-refractivity contribution in [3.05, 3.63) is 114 Å². The third-order valence-corrected chi connectivity index (χ3v) is 7.39. The smallest absolute Gasteiger partial charge is 0.341 e. The monoisotopic (exact) mass is 624 g/mol. The van der Waals surface area contributed by atoms with Gasteiger partial charge in [0.2, 0.25) is 0 Å². The molecular formula is C33H34Cl2N2O6. The van der Waals surface area contributed by atoms with Crippen LogP contribution in [0.2, 0.25) is 10.0 Å². The molecule has 0 bridgehead atoms. The van der Waals surface area contributed by atoms with Crippen LogP contribution in [-0.4, -0.2) is 31.3 Å². The van der Waals surface area contributed by atoms with Crippen LogP contribution in [0.1, 0.15) is 65.2 Å². The number of aromatic nitrogens is 2. The highest BCUT2D eigenvalue weighted by molar-refractivity contribution is 6.31. The Morgan fingerprint density at radius 2 is 1.02 bits per heavy atom. The number of hydrogen-bond acceptors (Lipinski definition) is 4. The standard InChI is InChI=1S/C17H18ClNO3.C16H16ClNO3/c1-3-4-9-19-11(2)10-14(20)15(17(21)22)16(19)12-5-7-13(18)8-6-12;1-3-8-18-10(2)9-13(19)14(16(20)21)15(18)11-4-6-12(17)7-5-11/h5-8,10H,3-4,9H2,1-2H3,(H,21,22);4-7,9H,3,8H2,1-2H3,(H,20,21). The average Bonchev–Trinajstić information content (AvgIpc) is 2.94. The highest BCUT2D eigenvalue weighted by Gasteiger charge is 2.22. The molecule has 2 heterocycles. The number of carboxylic acids is 2. The summed E-state index contributed by atoms with van der Waals surface area (Å²) < 4.78 is 3.77. The van der Waals surface area contributed by atoms with Gasteiger partial charge in [-0.25, -0.2) is 9.59 Å². The minimum Gasteiger partial charge on any atom is -0.477 e. The summed E-state index contributed by atoms with van der Waals surface area (Å²) in [5.41, 5.74) is 2.41. The molecule has 0 spiro atoms. The van der Waals surface area contributed by atoms with Gasteiger partial charge in [0.1, 0.15) is 11.1 Å². The van der Waals surface area contributed by atoms with Crippen LogP contribution >= 0.6 is 23.2 Å². The summed E-state index contributed by atoms with van der Waals surface area (Å²) in [5, 5.41) is 20.0. The molecule has 226 valence electrons. The van der Waals surface area contributed by atoms with Gasteiger partial charge in [-0.2, -0.15) is 0 Å². The Balaban J connectivity index is 0.000000236. The van der Waals surface area contributed by atoms with Crippen LogP contribution in [0.3, 0.4) is 0 Å². The van der Waals surface area contributed by atoms with Crippen LogP contribution in [0.5, 0.6) is 0 Å². The number of pyridine rings is 2. The van der Waals surface area contributed by atoms with Crippen LogP contribution in [-0.2, 0) is 13.1 Å². The second-order valence-corrected chi connectivity index (χ2v) is 10.9. The van der Waals surface area contributed by atoms with E-state index in [0.717, 1.165) is 30.7 Å². The van der Waals surface area contributed by atoms with E-state index in [1.807, 2.05) is 29.9 Å². The lowest BCUT2D eigenvalue weighted by Crippen LogP contribution is -2.22. The van der Waals surface area contributed by atoms with Crippen LogP contribution in [0.25, 0.3) is 22.5 Å². The van der Waals surface area contributed by atoms with Gasteiger partial charge in [0.15, 0.2) is 10.9 Å². The van der Waals surface area contributed by atoms with Crippen molar-refractivity contribution in [3.63, 3.8) is 0 Å². The van der Waals surface area contributed by atoms with Crippen molar-refractivity contribution >= 4 is 35.1 Å². The van der Waals surface area contributed by atoms with E-state index in [1.165, 1.54) is 12.1 Å². The van der Waals surface area contributed by atoms with E-state index in [1.54, 1.807) is 48.5 Å². The van der Waals surface area contributed by atoms with Crippen molar-refractivity contribution in [1.29, 1.82) is 0 Å². The van der Waals surface area contributed by atoms with Gasteiger partial charge in [0.05, 0.1) is 11.4 Å². The molecule has 2 N–H and O–H groups in total. The number of unbranched alkanes of at least 4 members (excludes halogenated alkanes) is 1. The average molecular weight is 626 g/mol. The maximum Gasteiger partial charge on any atom is 0.341 e. The van der Waals surface area contributed by atoms with E-state index in [2.05, 4.69) is 6.92 Å². The Labute approximate surface area is 259 Å². The second kappa shape index (κ2) is 14.8. The Morgan fingerprint density at radius 1 is 0.651 bits per heavy atom. The molecule has 0 saturated heterocycles. The number of carboxylic acid groups (broad SMARTS) is 2. The van der Waals surface area contributed by atoms with Gasteiger partial charge in [0, 0.05) is 46.7 Å². The van der Waals surface area contributed by atoms with Crippen molar-refractivity contribution in [2.24, 2.45) is 0 Å². The molecule has 0 unspecified atom stereocenters. The fourth-order valence-corrected chi connectivity index (χ4v) is 5.13.